The fourth-order valence-corrected chi connectivity index (χ4v) is 13.8. The highest BCUT2D eigenvalue weighted by molar-refractivity contribution is 5.90. The highest BCUT2D eigenvalue weighted by Gasteiger charge is 2.49. The topological polar surface area (TPSA) is 194 Å². The standard InChI is InChI=1S/C58H83F3N8O9/c1-67-52(71)32-47(53(67)40-5-3-23-62-34-40)54(72)63-24-30-78-46-13-11-45(12-14-46)77-28-4-6-51(70)66-43-9-7-39(8-10-43)55(73)68-25-17-38(18-26-68)15-21-57(22-16-44(33-57)65-49-20-29-76-37-50(49)75-2)56(74)69-27-19-48-41(36-69)31-42(35-64-48)58(59,60)61/h3,5,23,31,34-35,38-39,43-47,49-50,53,65H,4,6-22,24-30,32-33,36-37H2,1-2H3,(H,63,72)(H,66,70)/t39-,43-,44-,45-,46-,47+,49+,50-,53-,57+/m1/s1. The van der Waals surface area contributed by atoms with Gasteiger partial charge in [-0.3, -0.25) is 33.9 Å². The number of ether oxygens (including phenoxy) is 4. The van der Waals surface area contributed by atoms with E-state index in [0.29, 0.717) is 108 Å². The normalized spacial score (nSPS) is 30.0. The van der Waals surface area contributed by atoms with Crippen molar-refractivity contribution in [2.75, 3.05) is 66.8 Å². The number of carbonyl (C=O) groups is 5. The Morgan fingerprint density at radius 1 is 0.897 bits per heavy atom. The molecule has 0 aromatic carbocycles. The molecule has 3 aliphatic carbocycles. The van der Waals surface area contributed by atoms with E-state index in [1.807, 2.05) is 17.0 Å². The first kappa shape index (κ1) is 57.9. The number of nitrogens with one attached hydrogen (secondary N) is 3. The van der Waals surface area contributed by atoms with E-state index < -0.39 is 23.1 Å². The summed E-state index contributed by atoms with van der Waals surface area (Å²) in [5.41, 5.74) is 0.501. The van der Waals surface area contributed by atoms with Gasteiger partial charge in [0.15, 0.2) is 0 Å². The Labute approximate surface area is 457 Å². The molecule has 6 atom stereocenters. The first-order chi connectivity index (χ1) is 37.7. The van der Waals surface area contributed by atoms with Gasteiger partial charge in [-0.15, -0.1) is 0 Å². The molecule has 430 valence electrons. The predicted octanol–water partition coefficient (Wildman–Crippen LogP) is 6.47. The number of aromatic nitrogens is 2. The van der Waals surface area contributed by atoms with Crippen LogP contribution in [0.2, 0.25) is 0 Å². The smallest absolute Gasteiger partial charge is 0.379 e. The molecule has 3 N–H and O–H groups in total. The van der Waals surface area contributed by atoms with Gasteiger partial charge < -0.3 is 49.6 Å². The number of carbonyl (C=O) groups excluding carboxylic acids is 5. The zero-order chi connectivity index (χ0) is 54.8. The van der Waals surface area contributed by atoms with Crippen LogP contribution in [0.4, 0.5) is 13.2 Å². The van der Waals surface area contributed by atoms with Crippen molar-refractivity contribution in [1.82, 2.24) is 40.6 Å². The Hall–Kier alpha value is -4.76. The number of methoxy groups -OCH3 is 1. The van der Waals surface area contributed by atoms with Gasteiger partial charge in [-0.25, -0.2) is 0 Å². The van der Waals surface area contributed by atoms with Crippen LogP contribution in [0.1, 0.15) is 150 Å². The zero-order valence-corrected chi connectivity index (χ0v) is 45.8. The summed E-state index contributed by atoms with van der Waals surface area (Å²) < 4.78 is 64.7. The quantitative estimate of drug-likeness (QED) is 0.123. The Morgan fingerprint density at radius 2 is 1.65 bits per heavy atom. The molecule has 0 radical (unpaired) electrons. The third kappa shape index (κ3) is 14.6. The van der Waals surface area contributed by atoms with Gasteiger partial charge in [0.05, 0.1) is 54.5 Å². The van der Waals surface area contributed by atoms with Gasteiger partial charge in [-0.1, -0.05) is 6.07 Å². The van der Waals surface area contributed by atoms with Gasteiger partial charge in [0, 0.05) is 128 Å². The van der Waals surface area contributed by atoms with Crippen LogP contribution in [0.3, 0.4) is 0 Å². The third-order valence-corrected chi connectivity index (χ3v) is 18.4. The Balaban J connectivity index is 0.644. The van der Waals surface area contributed by atoms with Crippen molar-refractivity contribution in [1.29, 1.82) is 0 Å². The van der Waals surface area contributed by atoms with Gasteiger partial charge in [-0.2, -0.15) is 13.2 Å². The Kier molecular flexibility index (Phi) is 19.8. The molecule has 0 unspecified atom stereocenters. The number of halogens is 3. The van der Waals surface area contributed by atoms with Gasteiger partial charge >= 0.3 is 6.18 Å². The maximum atomic E-state index is 14.8. The lowest BCUT2D eigenvalue weighted by Crippen LogP contribution is -2.51. The lowest BCUT2D eigenvalue weighted by Gasteiger charge is -2.40. The summed E-state index contributed by atoms with van der Waals surface area (Å²) in [5, 5.41) is 9.99. The summed E-state index contributed by atoms with van der Waals surface area (Å²) in [6.45, 7) is 4.36. The zero-order valence-electron chi connectivity index (χ0n) is 45.8. The van der Waals surface area contributed by atoms with Gasteiger partial charge in [-0.05, 0) is 138 Å². The Bertz CT molecular complexity index is 2340. The molecule has 0 bridgehead atoms. The lowest BCUT2D eigenvalue weighted by atomic mass is 9.76. The minimum Gasteiger partial charge on any atom is -0.379 e. The van der Waals surface area contributed by atoms with E-state index in [1.54, 1.807) is 36.4 Å². The number of hydrogen-bond donors (Lipinski definition) is 3. The summed E-state index contributed by atoms with van der Waals surface area (Å²) >= 11 is 0. The van der Waals surface area contributed by atoms with Crippen molar-refractivity contribution in [3.05, 3.63) is 59.2 Å². The third-order valence-electron chi connectivity index (χ3n) is 18.4. The van der Waals surface area contributed by atoms with Crippen molar-refractivity contribution in [2.45, 2.75) is 184 Å². The summed E-state index contributed by atoms with van der Waals surface area (Å²) in [7, 11) is 3.42. The molecule has 5 amide bonds. The van der Waals surface area contributed by atoms with E-state index in [9.17, 15) is 37.1 Å². The second kappa shape index (κ2) is 26.7. The number of pyridine rings is 2. The number of alkyl halides is 3. The van der Waals surface area contributed by atoms with Crippen molar-refractivity contribution in [3.8, 4) is 0 Å². The number of amides is 5. The second-order valence-electron chi connectivity index (χ2n) is 23.4. The average Bonchev–Trinajstić information content (AvgIpc) is 4.15. The second-order valence-corrected chi connectivity index (χ2v) is 23.4. The van der Waals surface area contributed by atoms with E-state index in [2.05, 4.69) is 25.9 Å². The molecule has 9 rings (SSSR count). The maximum absolute atomic E-state index is 14.8. The van der Waals surface area contributed by atoms with Crippen LogP contribution in [0.25, 0.3) is 0 Å². The SMILES string of the molecule is CO[C@@H]1COCC[C@@H]1N[C@@H]1CC[C@](CCC2CCN(C(=O)[C@H]3CC[C@H](NC(=O)CCCO[C@H]4CC[C@H](OCCNC(=O)[C@H]5CC(=O)N(C)[C@@H]5c5cccnc5)CC4)CC3)CC2)(C(=O)N2CCc3ncc(C(F)(F)F)cc3C2)C1. The summed E-state index contributed by atoms with van der Waals surface area (Å²) in [4.78, 5) is 80.9. The number of fused-ring (bicyclic) bond motifs is 1. The van der Waals surface area contributed by atoms with E-state index in [-0.39, 0.29) is 90.9 Å². The number of nitrogens with zero attached hydrogens (tertiary/aromatic N) is 5. The molecule has 17 nitrogen and oxygen atoms in total. The number of likely N-dealkylation sites (tertiary alicyclic amines) is 2. The molecule has 6 heterocycles. The predicted molar refractivity (Wildman–Crippen MR) is 282 cm³/mol. The fraction of sp³-hybridized carbons (Fsp3) is 0.741. The molecule has 3 saturated heterocycles. The fourth-order valence-electron chi connectivity index (χ4n) is 13.8. The largest absolute Gasteiger partial charge is 0.417 e. The van der Waals surface area contributed by atoms with Crippen LogP contribution in [-0.4, -0.2) is 157 Å². The van der Waals surface area contributed by atoms with Crippen molar-refractivity contribution in [2.24, 2.45) is 23.2 Å². The molecule has 3 saturated carbocycles. The summed E-state index contributed by atoms with van der Waals surface area (Å²) in [6, 6.07) is 4.80. The van der Waals surface area contributed by atoms with Crippen LogP contribution in [0.15, 0.2) is 36.8 Å². The van der Waals surface area contributed by atoms with Crippen LogP contribution in [-0.2, 0) is 62.1 Å². The average molecular weight is 1090 g/mol. The molecule has 6 fully saturated rings. The van der Waals surface area contributed by atoms with E-state index >= 15 is 0 Å². The van der Waals surface area contributed by atoms with Crippen LogP contribution in [0, 0.1) is 23.2 Å². The first-order valence-electron chi connectivity index (χ1n) is 29.1. The van der Waals surface area contributed by atoms with E-state index in [4.69, 9.17) is 18.9 Å². The van der Waals surface area contributed by atoms with Crippen molar-refractivity contribution in [3.63, 3.8) is 0 Å². The van der Waals surface area contributed by atoms with Crippen LogP contribution >= 0.6 is 0 Å². The van der Waals surface area contributed by atoms with Crippen LogP contribution < -0.4 is 16.0 Å². The summed E-state index contributed by atoms with van der Waals surface area (Å²) in [5.74, 6) is -0.136. The number of rotatable bonds is 20. The molecule has 78 heavy (non-hydrogen) atoms. The van der Waals surface area contributed by atoms with Crippen molar-refractivity contribution < 1.29 is 56.1 Å². The minimum absolute atomic E-state index is 0.0174. The molecule has 4 aliphatic heterocycles. The highest BCUT2D eigenvalue weighted by atomic mass is 19.4. The summed E-state index contributed by atoms with van der Waals surface area (Å²) in [6.07, 6.45) is 14.3. The maximum Gasteiger partial charge on any atom is 0.417 e. The van der Waals surface area contributed by atoms with E-state index in [0.717, 1.165) is 101 Å². The molecular formula is C58H83F3N8O9. The van der Waals surface area contributed by atoms with Crippen LogP contribution in [0.5, 0.6) is 0 Å². The molecule has 2 aromatic rings. The molecule has 7 aliphatic rings. The molecule has 20 heteroatoms. The molecule has 0 spiro atoms. The first-order valence-corrected chi connectivity index (χ1v) is 29.1. The minimum atomic E-state index is -4.51. The van der Waals surface area contributed by atoms with Gasteiger partial charge in [0.1, 0.15) is 0 Å². The van der Waals surface area contributed by atoms with Gasteiger partial charge in [0.2, 0.25) is 29.5 Å². The monoisotopic (exact) mass is 1090 g/mol. The molecule has 2 aromatic heterocycles. The lowest BCUT2D eigenvalue weighted by molar-refractivity contribution is -0.144. The highest BCUT2D eigenvalue weighted by Crippen LogP contribution is 2.47. The van der Waals surface area contributed by atoms with Crippen molar-refractivity contribution >= 4 is 29.5 Å². The number of hydrogen-bond acceptors (Lipinski definition) is 12. The van der Waals surface area contributed by atoms with Gasteiger partial charge in [0.25, 0.3) is 0 Å². The van der Waals surface area contributed by atoms with E-state index in [1.165, 1.54) is 0 Å². The molecular weight excluding hydrogens is 1010 g/mol. The Morgan fingerprint density at radius 3 is 2.37 bits per heavy atom. The number of piperidine rings is 1.